The molecular formula is C10H8ClFN2O4S2. The number of nitrogens with zero attached hydrogens (tertiary/aromatic N) is 1. The van der Waals surface area contributed by atoms with Crippen LogP contribution in [0.15, 0.2) is 34.0 Å². The average molecular weight is 339 g/mol. The molecule has 0 aliphatic carbocycles. The van der Waals surface area contributed by atoms with E-state index in [-0.39, 0.29) is 17.3 Å². The van der Waals surface area contributed by atoms with E-state index in [1.54, 1.807) is 0 Å². The number of carbonyl (C=O) groups is 1. The highest BCUT2D eigenvalue weighted by molar-refractivity contribution is 7.92. The summed E-state index contributed by atoms with van der Waals surface area (Å²) < 4.78 is 39.2. The van der Waals surface area contributed by atoms with Gasteiger partial charge in [-0.25, -0.2) is 17.8 Å². The second-order valence-corrected chi connectivity index (χ2v) is 5.97. The maximum absolute atomic E-state index is 13.4. The third-order valence-corrected chi connectivity index (χ3v) is 4.05. The molecule has 0 amide bonds. The molecule has 2 N–H and O–H groups in total. The van der Waals surface area contributed by atoms with Gasteiger partial charge >= 0.3 is 0 Å². The number of anilines is 1. The molecule has 0 spiro atoms. The second kappa shape index (κ2) is 7.17. The van der Waals surface area contributed by atoms with Crippen molar-refractivity contribution >= 4 is 45.3 Å². The lowest BCUT2D eigenvalue weighted by molar-refractivity contribution is -0.122. The molecule has 1 aromatic heterocycles. The number of sulfonamides is 1. The molecule has 1 aromatic carbocycles. The lowest BCUT2D eigenvalue weighted by atomic mass is 10.3. The summed E-state index contributed by atoms with van der Waals surface area (Å²) >= 11 is 6.86. The lowest BCUT2D eigenvalue weighted by Gasteiger charge is -2.06. The van der Waals surface area contributed by atoms with E-state index in [0.717, 1.165) is 12.1 Å². The van der Waals surface area contributed by atoms with Crippen molar-refractivity contribution in [3.05, 3.63) is 39.9 Å². The first-order valence-electron chi connectivity index (χ1n) is 4.84. The molecule has 6 nitrogen and oxygen atoms in total. The topological polar surface area (TPSA) is 96.4 Å². The highest BCUT2D eigenvalue weighted by Gasteiger charge is 2.20. The minimum absolute atomic E-state index is 0.144. The molecule has 0 atom stereocenters. The van der Waals surface area contributed by atoms with Crippen LogP contribution in [0.25, 0.3) is 0 Å². The summed E-state index contributed by atoms with van der Waals surface area (Å²) in [6.45, 7) is -0.250. The number of thiazole rings is 1. The van der Waals surface area contributed by atoms with Crippen molar-refractivity contribution in [3.63, 3.8) is 0 Å². The van der Waals surface area contributed by atoms with Gasteiger partial charge in [-0.3, -0.25) is 9.52 Å². The van der Waals surface area contributed by atoms with Crippen molar-refractivity contribution in [1.82, 2.24) is 4.98 Å². The number of hydrogen-bond donors (Lipinski definition) is 2. The maximum atomic E-state index is 13.4. The van der Waals surface area contributed by atoms with Gasteiger partial charge in [0.15, 0.2) is 5.82 Å². The molecule has 0 radical (unpaired) electrons. The Labute approximate surface area is 122 Å². The summed E-state index contributed by atoms with van der Waals surface area (Å²) in [5.41, 5.74) is 1.46. The van der Waals surface area contributed by atoms with Crippen molar-refractivity contribution in [1.29, 1.82) is 0 Å². The largest absolute Gasteiger partial charge is 0.483 e. The third-order valence-electron chi connectivity index (χ3n) is 1.85. The van der Waals surface area contributed by atoms with Gasteiger partial charge in [-0.2, -0.15) is 0 Å². The summed E-state index contributed by atoms with van der Waals surface area (Å²) in [7, 11) is -4.00. The first-order chi connectivity index (χ1) is 9.40. The van der Waals surface area contributed by atoms with Gasteiger partial charge in [-0.15, -0.1) is 11.3 Å². The quantitative estimate of drug-likeness (QED) is 0.838. The van der Waals surface area contributed by atoms with Gasteiger partial charge in [0.1, 0.15) is 10.7 Å². The van der Waals surface area contributed by atoms with Crippen molar-refractivity contribution in [2.24, 2.45) is 0 Å². The molecule has 0 bridgehead atoms. The zero-order valence-electron chi connectivity index (χ0n) is 9.66. The summed E-state index contributed by atoms with van der Waals surface area (Å²) in [6, 6.07) is 3.32. The zero-order chi connectivity index (χ0) is 15.2. The van der Waals surface area contributed by atoms with E-state index in [0.29, 0.717) is 0 Å². The molecule has 10 heteroatoms. The van der Waals surface area contributed by atoms with Gasteiger partial charge in [0.2, 0.25) is 0 Å². The van der Waals surface area contributed by atoms with E-state index >= 15 is 0 Å². The van der Waals surface area contributed by atoms with E-state index in [1.807, 2.05) is 0 Å². The monoisotopic (exact) mass is 338 g/mol. The molecule has 108 valence electrons. The van der Waals surface area contributed by atoms with Crippen LogP contribution in [0.4, 0.5) is 10.2 Å². The Bertz CT molecular complexity index is 677. The van der Waals surface area contributed by atoms with Crippen molar-refractivity contribution < 1.29 is 22.7 Å². The maximum Gasteiger partial charge on any atom is 0.290 e. The number of halogens is 2. The smallest absolute Gasteiger partial charge is 0.290 e. The molecule has 0 saturated carbocycles. The molecule has 2 aromatic rings. The normalized spacial score (nSPS) is 10.3. The molecule has 0 aliphatic rings. The second-order valence-electron chi connectivity index (χ2n) is 3.16. The van der Waals surface area contributed by atoms with Gasteiger partial charge in [0, 0.05) is 10.4 Å². The van der Waals surface area contributed by atoms with Crippen LogP contribution in [-0.4, -0.2) is 25.0 Å². The van der Waals surface area contributed by atoms with Crippen LogP contribution in [0.1, 0.15) is 0 Å². The zero-order valence-corrected chi connectivity index (χ0v) is 12.0. The predicted molar refractivity (Wildman–Crippen MR) is 73.0 cm³/mol. The number of aromatic nitrogens is 1. The fourth-order valence-corrected chi connectivity index (χ4v) is 3.04. The summed E-state index contributed by atoms with van der Waals surface area (Å²) in [4.78, 5) is 11.6. The van der Waals surface area contributed by atoms with Crippen LogP contribution >= 0.6 is 22.9 Å². The van der Waals surface area contributed by atoms with Crippen molar-refractivity contribution in [2.45, 2.75) is 4.90 Å². The Balaban J connectivity index is 0.000000612. The van der Waals surface area contributed by atoms with Crippen LogP contribution in [0.2, 0.25) is 5.02 Å². The van der Waals surface area contributed by atoms with Crippen LogP contribution in [0.5, 0.6) is 0 Å². The number of rotatable bonds is 3. The number of nitrogens with one attached hydrogen (secondary N) is 1. The van der Waals surface area contributed by atoms with Gasteiger partial charge in [0.05, 0.1) is 5.51 Å². The average Bonchev–Trinajstić information content (AvgIpc) is 2.85. The summed E-state index contributed by atoms with van der Waals surface area (Å²) in [6.07, 6.45) is 0. The fourth-order valence-electron chi connectivity index (χ4n) is 1.14. The molecule has 0 saturated heterocycles. The van der Waals surface area contributed by atoms with Crippen LogP contribution in [-0.2, 0) is 14.8 Å². The Morgan fingerprint density at radius 3 is 2.65 bits per heavy atom. The summed E-state index contributed by atoms with van der Waals surface area (Å²) in [5, 5.41) is 8.53. The molecule has 1 heterocycles. The van der Waals surface area contributed by atoms with Gasteiger partial charge in [-0.05, 0) is 18.2 Å². The number of benzene rings is 1. The van der Waals surface area contributed by atoms with Gasteiger partial charge in [0.25, 0.3) is 16.5 Å². The Hall–Kier alpha value is -1.71. The van der Waals surface area contributed by atoms with E-state index in [9.17, 15) is 12.8 Å². The minimum atomic E-state index is -4.00. The van der Waals surface area contributed by atoms with Gasteiger partial charge < -0.3 is 5.11 Å². The Morgan fingerprint density at radius 1 is 1.45 bits per heavy atom. The Morgan fingerprint density at radius 2 is 2.10 bits per heavy atom. The summed E-state index contributed by atoms with van der Waals surface area (Å²) in [5.74, 6) is -0.716. The number of hydrogen-bond acceptors (Lipinski definition) is 5. The van der Waals surface area contributed by atoms with Crippen LogP contribution in [0, 0.1) is 5.82 Å². The predicted octanol–water partition coefficient (Wildman–Crippen LogP) is 2.44. The highest BCUT2D eigenvalue weighted by Crippen LogP contribution is 2.22. The first kappa shape index (κ1) is 16.3. The van der Waals surface area contributed by atoms with E-state index < -0.39 is 20.7 Å². The fraction of sp³-hybridized carbons (Fsp3) is 0. The van der Waals surface area contributed by atoms with Crippen LogP contribution in [0.3, 0.4) is 0 Å². The standard InChI is InChI=1S/C9H6ClFN2O2S2.CH2O2/c10-6-1-2-7(11)8(3-6)17(14,15)13-9-4-16-5-12-9;2-1-3/h1-5,13H;1H,(H,2,3). The minimum Gasteiger partial charge on any atom is -0.483 e. The molecule has 20 heavy (non-hydrogen) atoms. The molecule has 0 fully saturated rings. The van der Waals surface area contributed by atoms with E-state index in [4.69, 9.17) is 21.5 Å². The molecular weight excluding hydrogens is 331 g/mol. The van der Waals surface area contributed by atoms with Crippen molar-refractivity contribution in [3.8, 4) is 0 Å². The lowest BCUT2D eigenvalue weighted by Crippen LogP contribution is -2.14. The van der Waals surface area contributed by atoms with E-state index in [1.165, 1.54) is 28.3 Å². The van der Waals surface area contributed by atoms with E-state index in [2.05, 4.69) is 9.71 Å². The SMILES string of the molecule is O=CO.O=S(=O)(Nc1cscn1)c1cc(Cl)ccc1F. The molecule has 0 aliphatic heterocycles. The van der Waals surface area contributed by atoms with Crippen LogP contribution < -0.4 is 4.72 Å². The highest BCUT2D eigenvalue weighted by atomic mass is 35.5. The van der Waals surface area contributed by atoms with Crippen molar-refractivity contribution in [2.75, 3.05) is 4.72 Å². The molecule has 0 unspecified atom stereocenters. The van der Waals surface area contributed by atoms with Gasteiger partial charge in [-0.1, -0.05) is 11.6 Å². The third kappa shape index (κ3) is 4.44. The number of carboxylic acid groups (broad SMARTS) is 1. The Kier molecular flexibility index (Phi) is 5.86. The molecule has 2 rings (SSSR count). The first-order valence-corrected chi connectivity index (χ1v) is 7.65.